The highest BCUT2D eigenvalue weighted by atomic mass is 32.1. The fourth-order valence-electron chi connectivity index (χ4n) is 3.01. The van der Waals surface area contributed by atoms with E-state index >= 15 is 0 Å². The molecule has 0 aliphatic heterocycles. The van der Waals surface area contributed by atoms with Crippen molar-refractivity contribution in [2.24, 2.45) is 0 Å². The Labute approximate surface area is 175 Å². The molecular formula is C23H25N3O2S. The molecule has 6 heteroatoms. The van der Waals surface area contributed by atoms with Crippen LogP contribution in [0.3, 0.4) is 0 Å². The standard InChI is InChI=1S/C23H25N3O2S/c1-25(2)19-13-11-17(12-14-19)16-26(3)23(28)21(18-8-5-4-6-9-18)24-22(27)20-10-7-15-29-20/h4-15,21H,16H2,1-3H3,(H,24,27)/t21-/m1/s1. The minimum Gasteiger partial charge on any atom is -0.378 e. The summed E-state index contributed by atoms with van der Waals surface area (Å²) in [5.74, 6) is -0.399. The molecule has 29 heavy (non-hydrogen) atoms. The van der Waals surface area contributed by atoms with Gasteiger partial charge in [-0.15, -0.1) is 11.3 Å². The minimum absolute atomic E-state index is 0.155. The molecule has 5 nitrogen and oxygen atoms in total. The van der Waals surface area contributed by atoms with E-state index in [1.54, 1.807) is 18.0 Å². The van der Waals surface area contributed by atoms with Gasteiger partial charge in [-0.05, 0) is 34.7 Å². The number of likely N-dealkylation sites (N-methyl/N-ethyl adjacent to an activating group) is 1. The molecule has 0 unspecified atom stereocenters. The quantitative estimate of drug-likeness (QED) is 0.645. The van der Waals surface area contributed by atoms with Gasteiger partial charge in [-0.1, -0.05) is 48.5 Å². The third-order valence-corrected chi connectivity index (χ3v) is 5.52. The summed E-state index contributed by atoms with van der Waals surface area (Å²) in [6, 6.07) is 20.3. The molecule has 2 aromatic carbocycles. The Morgan fingerprint density at radius 3 is 2.21 bits per heavy atom. The lowest BCUT2D eigenvalue weighted by molar-refractivity contribution is -0.132. The van der Waals surface area contributed by atoms with Gasteiger partial charge in [0, 0.05) is 33.4 Å². The number of hydrogen-bond acceptors (Lipinski definition) is 4. The van der Waals surface area contributed by atoms with Crippen LogP contribution in [0.25, 0.3) is 0 Å². The predicted molar refractivity (Wildman–Crippen MR) is 118 cm³/mol. The second kappa shape index (κ2) is 9.39. The lowest BCUT2D eigenvalue weighted by atomic mass is 10.0. The first kappa shape index (κ1) is 20.6. The van der Waals surface area contributed by atoms with Crippen molar-refractivity contribution in [3.63, 3.8) is 0 Å². The van der Waals surface area contributed by atoms with Crippen molar-refractivity contribution in [2.75, 3.05) is 26.0 Å². The van der Waals surface area contributed by atoms with E-state index in [4.69, 9.17) is 0 Å². The molecule has 1 N–H and O–H groups in total. The molecule has 0 aliphatic rings. The normalized spacial score (nSPS) is 11.6. The van der Waals surface area contributed by atoms with Crippen LogP contribution in [0.2, 0.25) is 0 Å². The Morgan fingerprint density at radius 2 is 1.62 bits per heavy atom. The fraction of sp³-hybridized carbons (Fsp3) is 0.217. The van der Waals surface area contributed by atoms with Gasteiger partial charge in [0.1, 0.15) is 6.04 Å². The van der Waals surface area contributed by atoms with Gasteiger partial charge in [0.05, 0.1) is 4.88 Å². The Balaban J connectivity index is 1.77. The van der Waals surface area contributed by atoms with Gasteiger partial charge in [-0.3, -0.25) is 9.59 Å². The highest BCUT2D eigenvalue weighted by Crippen LogP contribution is 2.20. The second-order valence-corrected chi connectivity index (χ2v) is 8.00. The van der Waals surface area contributed by atoms with E-state index in [2.05, 4.69) is 5.32 Å². The van der Waals surface area contributed by atoms with Crippen molar-refractivity contribution in [1.29, 1.82) is 0 Å². The van der Waals surface area contributed by atoms with Crippen LogP contribution in [0.5, 0.6) is 0 Å². The Kier molecular flexibility index (Phi) is 6.67. The van der Waals surface area contributed by atoms with Crippen LogP contribution in [0.15, 0.2) is 72.1 Å². The topological polar surface area (TPSA) is 52.6 Å². The first-order valence-electron chi connectivity index (χ1n) is 9.36. The van der Waals surface area contributed by atoms with Gasteiger partial charge in [0.15, 0.2) is 0 Å². The number of nitrogens with one attached hydrogen (secondary N) is 1. The van der Waals surface area contributed by atoms with E-state index in [1.165, 1.54) is 11.3 Å². The zero-order valence-electron chi connectivity index (χ0n) is 16.8. The molecular weight excluding hydrogens is 382 g/mol. The summed E-state index contributed by atoms with van der Waals surface area (Å²) in [7, 11) is 5.74. The van der Waals surface area contributed by atoms with Gasteiger partial charge in [-0.2, -0.15) is 0 Å². The first-order valence-corrected chi connectivity index (χ1v) is 10.2. The zero-order valence-corrected chi connectivity index (χ0v) is 17.6. The van der Waals surface area contributed by atoms with Crippen LogP contribution < -0.4 is 10.2 Å². The summed E-state index contributed by atoms with van der Waals surface area (Å²) in [6.45, 7) is 0.463. The maximum Gasteiger partial charge on any atom is 0.262 e. The molecule has 1 atom stereocenters. The molecule has 0 spiro atoms. The molecule has 3 rings (SSSR count). The van der Waals surface area contributed by atoms with E-state index < -0.39 is 6.04 Å². The summed E-state index contributed by atoms with van der Waals surface area (Å²) in [4.78, 5) is 30.1. The van der Waals surface area contributed by atoms with E-state index in [0.29, 0.717) is 11.4 Å². The fourth-order valence-corrected chi connectivity index (χ4v) is 3.64. The van der Waals surface area contributed by atoms with Crippen molar-refractivity contribution >= 4 is 28.8 Å². The van der Waals surface area contributed by atoms with Gasteiger partial charge < -0.3 is 15.1 Å². The van der Waals surface area contributed by atoms with Crippen LogP contribution in [0.4, 0.5) is 5.69 Å². The smallest absolute Gasteiger partial charge is 0.262 e. The molecule has 0 bridgehead atoms. The Morgan fingerprint density at radius 1 is 0.931 bits per heavy atom. The molecule has 3 aromatic rings. The maximum absolute atomic E-state index is 13.2. The summed E-state index contributed by atoms with van der Waals surface area (Å²) >= 11 is 1.35. The molecule has 150 valence electrons. The largest absolute Gasteiger partial charge is 0.378 e. The highest BCUT2D eigenvalue weighted by Gasteiger charge is 2.26. The summed E-state index contributed by atoms with van der Waals surface area (Å²) in [5, 5.41) is 4.74. The SMILES string of the molecule is CN(Cc1ccc(N(C)C)cc1)C(=O)[C@H](NC(=O)c1cccs1)c1ccccc1. The Hall–Kier alpha value is -3.12. The number of benzene rings is 2. The summed E-state index contributed by atoms with van der Waals surface area (Å²) in [6.07, 6.45) is 0. The van der Waals surface area contributed by atoms with Gasteiger partial charge in [0.2, 0.25) is 5.91 Å². The second-order valence-electron chi connectivity index (χ2n) is 7.05. The van der Waals surface area contributed by atoms with E-state index in [0.717, 1.165) is 16.8 Å². The van der Waals surface area contributed by atoms with Gasteiger partial charge in [0.25, 0.3) is 5.91 Å². The highest BCUT2D eigenvalue weighted by molar-refractivity contribution is 7.12. The van der Waals surface area contributed by atoms with E-state index in [-0.39, 0.29) is 11.8 Å². The third-order valence-electron chi connectivity index (χ3n) is 4.65. The number of thiophene rings is 1. The zero-order chi connectivity index (χ0) is 20.8. The maximum atomic E-state index is 13.2. The van der Waals surface area contributed by atoms with Crippen LogP contribution in [0, 0.1) is 0 Å². The molecule has 2 amide bonds. The molecule has 0 saturated heterocycles. The number of rotatable bonds is 7. The van der Waals surface area contributed by atoms with Crippen molar-refractivity contribution in [3.05, 3.63) is 88.1 Å². The molecule has 0 saturated carbocycles. The van der Waals surface area contributed by atoms with Crippen molar-refractivity contribution in [1.82, 2.24) is 10.2 Å². The van der Waals surface area contributed by atoms with Crippen molar-refractivity contribution in [3.8, 4) is 0 Å². The average Bonchev–Trinajstić information content (AvgIpc) is 3.27. The average molecular weight is 408 g/mol. The number of carbonyl (C=O) groups excluding carboxylic acids is 2. The van der Waals surface area contributed by atoms with Crippen LogP contribution in [-0.4, -0.2) is 37.9 Å². The van der Waals surface area contributed by atoms with Crippen LogP contribution >= 0.6 is 11.3 Å². The number of anilines is 1. The summed E-state index contributed by atoms with van der Waals surface area (Å²) in [5.41, 5.74) is 2.90. The number of hydrogen-bond donors (Lipinski definition) is 1. The number of nitrogens with zero attached hydrogens (tertiary/aromatic N) is 2. The third kappa shape index (κ3) is 5.23. The number of amides is 2. The van der Waals surface area contributed by atoms with E-state index in [9.17, 15) is 9.59 Å². The van der Waals surface area contributed by atoms with E-state index in [1.807, 2.05) is 85.0 Å². The molecule has 0 fully saturated rings. The number of carbonyl (C=O) groups is 2. The van der Waals surface area contributed by atoms with Crippen molar-refractivity contribution < 1.29 is 9.59 Å². The summed E-state index contributed by atoms with van der Waals surface area (Å²) < 4.78 is 0. The minimum atomic E-state index is -0.739. The first-order chi connectivity index (χ1) is 14.0. The molecule has 1 aromatic heterocycles. The van der Waals surface area contributed by atoms with Gasteiger partial charge >= 0.3 is 0 Å². The molecule has 1 heterocycles. The van der Waals surface area contributed by atoms with Crippen LogP contribution in [0.1, 0.15) is 26.8 Å². The lowest BCUT2D eigenvalue weighted by Crippen LogP contribution is -2.40. The monoisotopic (exact) mass is 407 g/mol. The molecule has 0 aliphatic carbocycles. The lowest BCUT2D eigenvalue weighted by Gasteiger charge is -2.25. The van der Waals surface area contributed by atoms with Crippen molar-refractivity contribution in [2.45, 2.75) is 12.6 Å². The van der Waals surface area contributed by atoms with Gasteiger partial charge in [-0.25, -0.2) is 0 Å². The van der Waals surface area contributed by atoms with Crippen LogP contribution in [-0.2, 0) is 11.3 Å². The molecule has 0 radical (unpaired) electrons. The predicted octanol–water partition coefficient (Wildman–Crippen LogP) is 3.94. The Bertz CT molecular complexity index is 938.